The maximum absolute atomic E-state index is 11.3. The van der Waals surface area contributed by atoms with Crippen molar-refractivity contribution in [3.63, 3.8) is 0 Å². The molecule has 0 N–H and O–H groups in total. The summed E-state index contributed by atoms with van der Waals surface area (Å²) in [5, 5.41) is 0. The molecule has 1 heterocycles. The van der Waals surface area contributed by atoms with Gasteiger partial charge >= 0.3 is 5.97 Å². The van der Waals surface area contributed by atoms with Gasteiger partial charge in [0.2, 0.25) is 4.58 Å². The van der Waals surface area contributed by atoms with Crippen molar-refractivity contribution < 1.29 is 17.9 Å². The van der Waals surface area contributed by atoms with Gasteiger partial charge in [-0.3, -0.25) is 8.42 Å². The molecule has 0 saturated carbocycles. The zero-order chi connectivity index (χ0) is 9.84. The summed E-state index contributed by atoms with van der Waals surface area (Å²) in [6, 6.07) is 0. The first-order valence-corrected chi connectivity index (χ1v) is 6.84. The lowest BCUT2D eigenvalue weighted by molar-refractivity contribution is -0.140. The van der Waals surface area contributed by atoms with Gasteiger partial charge in [0.1, 0.15) is 0 Å². The van der Waals surface area contributed by atoms with Crippen LogP contribution in [0.3, 0.4) is 0 Å². The van der Waals surface area contributed by atoms with Gasteiger partial charge in [0.05, 0.1) is 6.61 Å². The number of hydrogen-bond acceptors (Lipinski definition) is 4. The third-order valence-corrected chi connectivity index (χ3v) is 5.66. The average molecular weight is 224 g/mol. The van der Waals surface area contributed by atoms with Crippen LogP contribution < -0.4 is 0 Å². The van der Waals surface area contributed by atoms with E-state index in [-0.39, 0.29) is 6.61 Å². The van der Waals surface area contributed by atoms with Gasteiger partial charge in [-0.2, -0.15) is 0 Å². The summed E-state index contributed by atoms with van der Waals surface area (Å²) in [4.78, 5) is 11.2. The van der Waals surface area contributed by atoms with Gasteiger partial charge in [0, 0.05) is 33.1 Å². The molecule has 2 unspecified atom stereocenters. The maximum atomic E-state index is 11.3. The standard InChI is InChI=1S/C7H12O4S2/c1-2-11-6(8)7-12(9)4-3-5-13(7)10/h7H,2-5H2,1H3. The van der Waals surface area contributed by atoms with Crippen molar-refractivity contribution >= 4 is 27.6 Å². The minimum Gasteiger partial charge on any atom is -0.464 e. The van der Waals surface area contributed by atoms with Gasteiger partial charge < -0.3 is 4.74 Å². The molecule has 0 aliphatic carbocycles. The number of carbonyl (C=O) groups is 1. The molecule has 76 valence electrons. The molecule has 1 aliphatic rings. The Morgan fingerprint density at radius 1 is 1.38 bits per heavy atom. The summed E-state index contributed by atoms with van der Waals surface area (Å²) < 4.78 is 26.5. The van der Waals surface area contributed by atoms with Gasteiger partial charge in [-0.1, -0.05) is 0 Å². The molecule has 0 amide bonds. The SMILES string of the molecule is CCOC(=O)C1S(=O)CCCS1=O. The molecular weight excluding hydrogens is 212 g/mol. The Hall–Kier alpha value is -0.230. The minimum absolute atomic E-state index is 0.240. The minimum atomic E-state index is -1.31. The molecule has 0 bridgehead atoms. The van der Waals surface area contributed by atoms with Crippen molar-refractivity contribution in [2.45, 2.75) is 17.9 Å². The Bertz CT molecular complexity index is 235. The highest BCUT2D eigenvalue weighted by Crippen LogP contribution is 2.14. The molecule has 2 atom stereocenters. The molecule has 13 heavy (non-hydrogen) atoms. The number of esters is 1. The summed E-state index contributed by atoms with van der Waals surface area (Å²) in [6.45, 7) is 1.91. The van der Waals surface area contributed by atoms with E-state index in [1.807, 2.05) is 0 Å². The van der Waals surface area contributed by atoms with Crippen LogP contribution in [-0.2, 0) is 31.1 Å². The summed E-state index contributed by atoms with van der Waals surface area (Å²) in [7, 11) is -2.63. The highest BCUT2D eigenvalue weighted by molar-refractivity contribution is 8.04. The fourth-order valence-corrected chi connectivity index (χ4v) is 4.67. The Morgan fingerprint density at radius 2 is 1.92 bits per heavy atom. The molecule has 0 aromatic carbocycles. The highest BCUT2D eigenvalue weighted by Gasteiger charge is 2.35. The van der Waals surface area contributed by atoms with E-state index in [4.69, 9.17) is 4.74 Å². The highest BCUT2D eigenvalue weighted by atomic mass is 32.2. The van der Waals surface area contributed by atoms with Crippen molar-refractivity contribution in [1.82, 2.24) is 0 Å². The summed E-state index contributed by atoms with van der Waals surface area (Å²) in [5.41, 5.74) is 0. The van der Waals surface area contributed by atoms with Gasteiger partial charge in [0.25, 0.3) is 0 Å². The lowest BCUT2D eigenvalue weighted by Gasteiger charge is -2.18. The molecule has 4 nitrogen and oxygen atoms in total. The van der Waals surface area contributed by atoms with Crippen LogP contribution >= 0.6 is 0 Å². The number of hydrogen-bond donors (Lipinski definition) is 0. The molecule has 0 aromatic rings. The molecule has 1 rings (SSSR count). The van der Waals surface area contributed by atoms with Crippen LogP contribution in [0.1, 0.15) is 13.3 Å². The normalized spacial score (nSPS) is 34.1. The summed E-state index contributed by atoms with van der Waals surface area (Å²) >= 11 is 0. The van der Waals surface area contributed by atoms with Gasteiger partial charge in [-0.05, 0) is 13.3 Å². The predicted molar refractivity (Wildman–Crippen MR) is 51.1 cm³/mol. The van der Waals surface area contributed by atoms with Crippen molar-refractivity contribution in [2.24, 2.45) is 0 Å². The van der Waals surface area contributed by atoms with Crippen LogP contribution in [-0.4, -0.2) is 37.1 Å². The Labute approximate surface area is 81.9 Å². The lowest BCUT2D eigenvalue weighted by atomic mass is 10.6. The molecule has 1 fully saturated rings. The number of carbonyl (C=O) groups excluding carboxylic acids is 1. The van der Waals surface area contributed by atoms with E-state index in [1.165, 1.54) is 0 Å². The lowest BCUT2D eigenvalue weighted by Crippen LogP contribution is -2.38. The number of rotatable bonds is 2. The second-order valence-electron chi connectivity index (χ2n) is 2.61. The van der Waals surface area contributed by atoms with Crippen molar-refractivity contribution in [3.8, 4) is 0 Å². The van der Waals surface area contributed by atoms with Crippen LogP contribution in [0.5, 0.6) is 0 Å². The Kier molecular flexibility index (Phi) is 4.05. The molecule has 0 radical (unpaired) electrons. The Morgan fingerprint density at radius 3 is 2.38 bits per heavy atom. The summed E-state index contributed by atoms with van der Waals surface area (Å²) in [5.74, 6) is 0.323. The van der Waals surface area contributed by atoms with Gasteiger partial charge in [-0.15, -0.1) is 0 Å². The zero-order valence-corrected chi connectivity index (χ0v) is 8.99. The molecule has 0 spiro atoms. The van der Waals surface area contributed by atoms with Crippen LogP contribution in [0.25, 0.3) is 0 Å². The van der Waals surface area contributed by atoms with E-state index < -0.39 is 32.2 Å². The van der Waals surface area contributed by atoms with Crippen LogP contribution in [0.15, 0.2) is 0 Å². The molecule has 6 heteroatoms. The van der Waals surface area contributed by atoms with Crippen molar-refractivity contribution in [3.05, 3.63) is 0 Å². The van der Waals surface area contributed by atoms with Crippen molar-refractivity contribution in [1.29, 1.82) is 0 Å². The van der Waals surface area contributed by atoms with E-state index in [1.54, 1.807) is 6.92 Å². The second kappa shape index (κ2) is 4.85. The van der Waals surface area contributed by atoms with Crippen LogP contribution in [0.4, 0.5) is 0 Å². The molecule has 1 aliphatic heterocycles. The van der Waals surface area contributed by atoms with E-state index in [0.29, 0.717) is 17.9 Å². The van der Waals surface area contributed by atoms with E-state index in [9.17, 15) is 13.2 Å². The molecule has 1 saturated heterocycles. The van der Waals surface area contributed by atoms with E-state index in [0.717, 1.165) is 0 Å². The van der Waals surface area contributed by atoms with Crippen LogP contribution in [0.2, 0.25) is 0 Å². The summed E-state index contributed by atoms with van der Waals surface area (Å²) in [6.07, 6.45) is 0.662. The Balaban J connectivity index is 2.68. The maximum Gasteiger partial charge on any atom is 0.334 e. The van der Waals surface area contributed by atoms with Crippen molar-refractivity contribution in [2.75, 3.05) is 18.1 Å². The zero-order valence-electron chi connectivity index (χ0n) is 7.36. The fourth-order valence-electron chi connectivity index (χ4n) is 1.10. The second-order valence-corrected chi connectivity index (χ2v) is 6.19. The third kappa shape index (κ3) is 2.60. The first kappa shape index (κ1) is 10.8. The van der Waals surface area contributed by atoms with Crippen LogP contribution in [0, 0.1) is 0 Å². The topological polar surface area (TPSA) is 60.4 Å². The fraction of sp³-hybridized carbons (Fsp3) is 0.857. The first-order chi connectivity index (χ1) is 6.16. The third-order valence-electron chi connectivity index (χ3n) is 1.65. The average Bonchev–Trinajstić information content (AvgIpc) is 2.04. The van der Waals surface area contributed by atoms with Gasteiger partial charge in [0.15, 0.2) is 0 Å². The monoisotopic (exact) mass is 224 g/mol. The molecule has 0 aromatic heterocycles. The first-order valence-electron chi connectivity index (χ1n) is 4.07. The van der Waals surface area contributed by atoms with E-state index in [2.05, 4.69) is 0 Å². The van der Waals surface area contributed by atoms with E-state index >= 15 is 0 Å². The number of ether oxygens (including phenoxy) is 1. The molecular formula is C7H12O4S2. The largest absolute Gasteiger partial charge is 0.464 e. The smallest absolute Gasteiger partial charge is 0.334 e. The quantitative estimate of drug-likeness (QED) is 0.608. The predicted octanol–water partition coefficient (Wildman–Crippen LogP) is -0.223. The van der Waals surface area contributed by atoms with Gasteiger partial charge in [-0.25, -0.2) is 4.79 Å².